The number of nitrogens with zero attached hydrogens (tertiary/aromatic N) is 3. The normalized spacial score (nSPS) is 14.6. The zero-order valence-corrected chi connectivity index (χ0v) is 16.2. The van der Waals surface area contributed by atoms with Gasteiger partial charge in [-0.25, -0.2) is 4.39 Å². The minimum Gasteiger partial charge on any atom is -0.340 e. The van der Waals surface area contributed by atoms with Gasteiger partial charge in [0, 0.05) is 23.5 Å². The predicted octanol–water partition coefficient (Wildman–Crippen LogP) is 4.61. The number of alkyl halides is 3. The molecule has 0 bridgehead atoms. The van der Waals surface area contributed by atoms with E-state index in [9.17, 15) is 22.4 Å². The van der Waals surface area contributed by atoms with E-state index >= 15 is 0 Å². The fraction of sp³-hybridized carbons (Fsp3) is 0.250. The summed E-state index contributed by atoms with van der Waals surface area (Å²) in [5, 5.41) is 3.77. The van der Waals surface area contributed by atoms with Gasteiger partial charge in [0.2, 0.25) is 17.6 Å². The minimum absolute atomic E-state index is 0.0711. The molecule has 0 spiro atoms. The fourth-order valence-electron chi connectivity index (χ4n) is 2.96. The van der Waals surface area contributed by atoms with Crippen LogP contribution in [0, 0.1) is 5.82 Å². The predicted molar refractivity (Wildman–Crippen MR) is 101 cm³/mol. The highest BCUT2D eigenvalue weighted by Crippen LogP contribution is 2.33. The Balaban J connectivity index is 1.33. The molecule has 0 atom stereocenters. The first kappa shape index (κ1) is 20.4. The second kappa shape index (κ2) is 8.10. The SMILES string of the molecule is O=C(CSc1ccc(F)cc1)N1CC(c2nc(-c3cccc(C(F)(F)F)c3)no2)C1. The van der Waals surface area contributed by atoms with Gasteiger partial charge in [0.15, 0.2) is 0 Å². The van der Waals surface area contributed by atoms with Crippen molar-refractivity contribution in [3.05, 3.63) is 65.8 Å². The first-order chi connectivity index (χ1) is 14.3. The molecule has 0 radical (unpaired) electrons. The van der Waals surface area contributed by atoms with Crippen molar-refractivity contribution < 1.29 is 26.9 Å². The topological polar surface area (TPSA) is 59.2 Å². The summed E-state index contributed by atoms with van der Waals surface area (Å²) in [5.41, 5.74) is -0.576. The lowest BCUT2D eigenvalue weighted by Gasteiger charge is -2.37. The number of halogens is 4. The van der Waals surface area contributed by atoms with Crippen molar-refractivity contribution in [1.82, 2.24) is 15.0 Å². The van der Waals surface area contributed by atoms with Gasteiger partial charge in [-0.15, -0.1) is 11.8 Å². The lowest BCUT2D eigenvalue weighted by molar-refractivity contribution is -0.137. The number of amides is 1. The van der Waals surface area contributed by atoms with Crippen molar-refractivity contribution >= 4 is 17.7 Å². The van der Waals surface area contributed by atoms with Gasteiger partial charge < -0.3 is 9.42 Å². The number of likely N-dealkylation sites (tertiary alicyclic amines) is 1. The molecule has 0 aliphatic carbocycles. The van der Waals surface area contributed by atoms with Crippen LogP contribution in [0.25, 0.3) is 11.4 Å². The summed E-state index contributed by atoms with van der Waals surface area (Å²) in [6.45, 7) is 0.792. The molecule has 1 aliphatic heterocycles. The number of hydrogen-bond donors (Lipinski definition) is 0. The molecule has 1 saturated heterocycles. The molecule has 5 nitrogen and oxygen atoms in total. The molecule has 1 fully saturated rings. The zero-order valence-electron chi connectivity index (χ0n) is 15.4. The minimum atomic E-state index is -4.46. The Hall–Kier alpha value is -2.88. The summed E-state index contributed by atoms with van der Waals surface area (Å²) < 4.78 is 56.7. The molecule has 1 aliphatic rings. The van der Waals surface area contributed by atoms with E-state index < -0.39 is 11.7 Å². The highest BCUT2D eigenvalue weighted by atomic mass is 32.2. The van der Waals surface area contributed by atoms with Crippen molar-refractivity contribution in [3.63, 3.8) is 0 Å². The number of benzene rings is 2. The molecule has 0 saturated carbocycles. The molecule has 1 amide bonds. The average molecular weight is 437 g/mol. The highest BCUT2D eigenvalue weighted by Gasteiger charge is 2.36. The van der Waals surface area contributed by atoms with Crippen molar-refractivity contribution in [2.45, 2.75) is 17.0 Å². The van der Waals surface area contributed by atoms with Gasteiger partial charge in [-0.2, -0.15) is 18.2 Å². The number of rotatable bonds is 5. The van der Waals surface area contributed by atoms with Crippen LogP contribution in [0.4, 0.5) is 17.6 Å². The van der Waals surface area contributed by atoms with E-state index in [0.717, 1.165) is 17.0 Å². The van der Waals surface area contributed by atoms with E-state index in [1.165, 1.54) is 36.0 Å². The van der Waals surface area contributed by atoms with Crippen molar-refractivity contribution in [2.75, 3.05) is 18.8 Å². The maximum absolute atomic E-state index is 12.9. The largest absolute Gasteiger partial charge is 0.416 e. The van der Waals surface area contributed by atoms with Crippen molar-refractivity contribution in [1.29, 1.82) is 0 Å². The van der Waals surface area contributed by atoms with E-state index in [1.54, 1.807) is 17.0 Å². The molecular formula is C20H15F4N3O2S. The Morgan fingerprint density at radius 3 is 2.60 bits per heavy atom. The first-order valence-corrected chi connectivity index (χ1v) is 9.95. The van der Waals surface area contributed by atoms with Gasteiger partial charge in [-0.1, -0.05) is 17.3 Å². The number of hydrogen-bond acceptors (Lipinski definition) is 5. The third kappa shape index (κ3) is 4.48. The number of thioether (sulfide) groups is 1. The maximum atomic E-state index is 12.9. The Morgan fingerprint density at radius 2 is 1.90 bits per heavy atom. The van der Waals surface area contributed by atoms with Crippen LogP contribution >= 0.6 is 11.8 Å². The van der Waals surface area contributed by atoms with E-state index in [0.29, 0.717) is 13.1 Å². The molecule has 10 heteroatoms. The fourth-order valence-corrected chi connectivity index (χ4v) is 3.76. The van der Waals surface area contributed by atoms with Crippen LogP contribution in [0.1, 0.15) is 17.4 Å². The molecule has 2 aromatic carbocycles. The number of carbonyl (C=O) groups is 1. The van der Waals surface area contributed by atoms with E-state index in [-0.39, 0.29) is 40.7 Å². The number of aromatic nitrogens is 2. The molecule has 4 rings (SSSR count). The summed E-state index contributed by atoms with van der Waals surface area (Å²) in [5.74, 6) is 0.0261. The van der Waals surface area contributed by atoms with Crippen LogP contribution in [-0.2, 0) is 11.0 Å². The first-order valence-electron chi connectivity index (χ1n) is 8.97. The summed E-state index contributed by atoms with van der Waals surface area (Å²) in [6, 6.07) is 10.6. The summed E-state index contributed by atoms with van der Waals surface area (Å²) in [4.78, 5) is 18.9. The molecule has 3 aromatic rings. The number of carbonyl (C=O) groups excluding carboxylic acids is 1. The molecule has 2 heterocycles. The van der Waals surface area contributed by atoms with Gasteiger partial charge >= 0.3 is 6.18 Å². The average Bonchev–Trinajstić information content (AvgIpc) is 3.15. The molecule has 156 valence electrons. The molecule has 0 N–H and O–H groups in total. The summed E-state index contributed by atoms with van der Waals surface area (Å²) >= 11 is 1.32. The van der Waals surface area contributed by atoms with Crippen molar-refractivity contribution in [3.8, 4) is 11.4 Å². The monoisotopic (exact) mass is 437 g/mol. The lowest BCUT2D eigenvalue weighted by atomic mass is 10.0. The molecule has 30 heavy (non-hydrogen) atoms. The Kier molecular flexibility index (Phi) is 5.50. The molecule has 0 unspecified atom stereocenters. The van der Waals surface area contributed by atoms with E-state index in [2.05, 4.69) is 10.1 Å². The van der Waals surface area contributed by atoms with Gasteiger partial charge in [0.25, 0.3) is 0 Å². The Bertz CT molecular complexity index is 1050. The smallest absolute Gasteiger partial charge is 0.340 e. The van der Waals surface area contributed by atoms with E-state index in [1.807, 2.05) is 0 Å². The van der Waals surface area contributed by atoms with Crippen LogP contribution in [0.3, 0.4) is 0 Å². The van der Waals surface area contributed by atoms with Crippen LogP contribution in [0.2, 0.25) is 0 Å². The van der Waals surface area contributed by atoms with Gasteiger partial charge in [-0.3, -0.25) is 4.79 Å². The quantitative estimate of drug-likeness (QED) is 0.431. The second-order valence-corrected chi connectivity index (χ2v) is 7.82. The van der Waals surface area contributed by atoms with Crippen LogP contribution in [0.5, 0.6) is 0 Å². The molecular weight excluding hydrogens is 422 g/mol. The van der Waals surface area contributed by atoms with Crippen molar-refractivity contribution in [2.24, 2.45) is 0 Å². The summed E-state index contributed by atoms with van der Waals surface area (Å²) in [6.07, 6.45) is -4.46. The van der Waals surface area contributed by atoms with Crippen LogP contribution < -0.4 is 0 Å². The Morgan fingerprint density at radius 1 is 1.17 bits per heavy atom. The lowest BCUT2D eigenvalue weighted by Crippen LogP contribution is -2.49. The highest BCUT2D eigenvalue weighted by molar-refractivity contribution is 8.00. The van der Waals surface area contributed by atoms with E-state index in [4.69, 9.17) is 4.52 Å². The molecule has 1 aromatic heterocycles. The zero-order chi connectivity index (χ0) is 21.3. The van der Waals surface area contributed by atoms with Gasteiger partial charge in [-0.05, 0) is 36.4 Å². The third-order valence-corrected chi connectivity index (χ3v) is 5.65. The van der Waals surface area contributed by atoms with Crippen LogP contribution in [-0.4, -0.2) is 39.8 Å². The Labute approximate surface area is 173 Å². The summed E-state index contributed by atoms with van der Waals surface area (Å²) in [7, 11) is 0. The van der Waals surface area contributed by atoms with Crippen LogP contribution in [0.15, 0.2) is 57.9 Å². The third-order valence-electron chi connectivity index (χ3n) is 4.65. The second-order valence-electron chi connectivity index (χ2n) is 6.77. The van der Waals surface area contributed by atoms with Gasteiger partial charge in [0.1, 0.15) is 5.82 Å². The standard InChI is InChI=1S/C20H15F4N3O2S/c21-15-4-6-16(7-5-15)30-11-17(28)27-9-13(10-27)19-25-18(26-29-19)12-2-1-3-14(8-12)20(22,23)24/h1-8,13H,9-11H2. The maximum Gasteiger partial charge on any atom is 0.416 e. The van der Waals surface area contributed by atoms with Gasteiger partial charge in [0.05, 0.1) is 17.2 Å².